The number of benzene rings is 2. The van der Waals surface area contributed by atoms with Gasteiger partial charge >= 0.3 is 5.97 Å². The number of esters is 1. The molecule has 8 nitrogen and oxygen atoms in total. The van der Waals surface area contributed by atoms with Crippen LogP contribution in [-0.2, 0) is 10.1 Å². The Labute approximate surface area is 158 Å². The Balaban J connectivity index is 0.000000646. The molecule has 148 valence electrons. The van der Waals surface area contributed by atoms with Gasteiger partial charge in [-0.3, -0.25) is 4.55 Å². The lowest BCUT2D eigenvalue weighted by Gasteiger charge is -2.12. The molecule has 9 heteroatoms. The van der Waals surface area contributed by atoms with Gasteiger partial charge in [-0.05, 0) is 43.8 Å². The number of rotatable bonds is 5. The Bertz CT molecular complexity index is 856. The van der Waals surface area contributed by atoms with Gasteiger partial charge in [-0.2, -0.15) is 8.42 Å². The maximum absolute atomic E-state index is 12.0. The zero-order chi connectivity index (χ0) is 20.6. The molecule has 2 aromatic carbocycles. The zero-order valence-electron chi connectivity index (χ0n) is 15.2. The minimum Gasteiger partial charge on any atom is -0.504 e. The van der Waals surface area contributed by atoms with Crippen molar-refractivity contribution in [2.45, 2.75) is 13.0 Å². The molecule has 0 heterocycles. The number of likely N-dealkylation sites (N-methyl/N-ethyl adjacent to an activating group) is 1. The van der Waals surface area contributed by atoms with E-state index in [1.54, 1.807) is 25.2 Å². The molecule has 4 N–H and O–H groups in total. The van der Waals surface area contributed by atoms with Gasteiger partial charge in [-0.1, -0.05) is 23.8 Å². The van der Waals surface area contributed by atoms with Gasteiger partial charge in [-0.15, -0.1) is 0 Å². The van der Waals surface area contributed by atoms with E-state index in [4.69, 9.17) is 9.29 Å². The van der Waals surface area contributed by atoms with E-state index in [-0.39, 0.29) is 11.5 Å². The van der Waals surface area contributed by atoms with Crippen molar-refractivity contribution in [2.24, 2.45) is 0 Å². The van der Waals surface area contributed by atoms with Crippen molar-refractivity contribution >= 4 is 16.1 Å². The number of aryl methyl sites for hydroxylation is 1. The van der Waals surface area contributed by atoms with Gasteiger partial charge in [0.2, 0.25) is 0 Å². The number of ether oxygens (including phenoxy) is 1. The third kappa shape index (κ3) is 8.65. The summed E-state index contributed by atoms with van der Waals surface area (Å²) >= 11 is 0. The molecule has 0 aliphatic heterocycles. The van der Waals surface area contributed by atoms with Gasteiger partial charge in [0.1, 0.15) is 0 Å². The Kier molecular flexibility index (Phi) is 8.38. The van der Waals surface area contributed by atoms with Crippen LogP contribution in [0, 0.1) is 6.92 Å². The molecule has 0 saturated carbocycles. The third-order valence-corrected chi connectivity index (χ3v) is 3.26. The molecule has 0 saturated heterocycles. The van der Waals surface area contributed by atoms with Crippen LogP contribution in [0.2, 0.25) is 0 Å². The lowest BCUT2D eigenvalue weighted by molar-refractivity contribution is 0.0729. The Hall–Kier alpha value is -2.46. The van der Waals surface area contributed by atoms with Crippen LogP contribution < -0.4 is 10.1 Å². The highest BCUT2D eigenvalue weighted by Crippen LogP contribution is 2.29. The van der Waals surface area contributed by atoms with E-state index in [0.717, 1.165) is 5.56 Å². The van der Waals surface area contributed by atoms with Crippen molar-refractivity contribution in [3.8, 4) is 11.5 Å². The second-order valence-corrected chi connectivity index (χ2v) is 7.26. The number of phenols is 1. The first kappa shape index (κ1) is 22.6. The molecule has 2 aromatic rings. The van der Waals surface area contributed by atoms with Crippen molar-refractivity contribution in [1.29, 1.82) is 0 Å². The summed E-state index contributed by atoms with van der Waals surface area (Å²) in [6, 6.07) is 11.4. The van der Waals surface area contributed by atoms with Gasteiger partial charge in [-0.25, -0.2) is 4.79 Å². The maximum atomic E-state index is 12.0. The SMILES string of the molecule is CNCC(O)c1ccc(OC(=O)c2ccc(C)cc2)c(O)c1.CS(=O)(=O)O. The van der Waals surface area contributed by atoms with Crippen LogP contribution in [0.25, 0.3) is 0 Å². The Morgan fingerprint density at radius 2 is 1.74 bits per heavy atom. The van der Waals surface area contributed by atoms with Gasteiger partial charge in [0, 0.05) is 6.54 Å². The van der Waals surface area contributed by atoms with E-state index in [9.17, 15) is 23.4 Å². The summed E-state index contributed by atoms with van der Waals surface area (Å²) in [6.07, 6.45) is -0.0229. The molecule has 2 rings (SSSR count). The molecule has 27 heavy (non-hydrogen) atoms. The van der Waals surface area contributed by atoms with Crippen LogP contribution in [-0.4, -0.2) is 49.0 Å². The first-order chi connectivity index (χ1) is 12.5. The average Bonchev–Trinajstić information content (AvgIpc) is 2.56. The molecular weight excluding hydrogens is 374 g/mol. The number of aliphatic hydroxyl groups is 1. The highest BCUT2D eigenvalue weighted by Gasteiger charge is 2.14. The van der Waals surface area contributed by atoms with E-state index < -0.39 is 22.2 Å². The average molecular weight is 397 g/mol. The molecule has 0 aromatic heterocycles. The van der Waals surface area contributed by atoms with Crippen molar-refractivity contribution in [3.63, 3.8) is 0 Å². The van der Waals surface area contributed by atoms with Crippen LogP contribution in [0.5, 0.6) is 11.5 Å². The number of aliphatic hydroxyl groups excluding tert-OH is 1. The highest BCUT2D eigenvalue weighted by atomic mass is 32.2. The molecular formula is C18H23NO7S. The largest absolute Gasteiger partial charge is 0.504 e. The fraction of sp³-hybridized carbons (Fsp3) is 0.278. The predicted octanol–water partition coefficient (Wildman–Crippen LogP) is 1.68. The van der Waals surface area contributed by atoms with E-state index in [0.29, 0.717) is 23.9 Å². The monoisotopic (exact) mass is 397 g/mol. The summed E-state index contributed by atoms with van der Waals surface area (Å²) in [6.45, 7) is 2.29. The van der Waals surface area contributed by atoms with E-state index in [2.05, 4.69) is 5.32 Å². The minimum atomic E-state index is -3.67. The quantitative estimate of drug-likeness (QED) is 0.340. The topological polar surface area (TPSA) is 133 Å². The van der Waals surface area contributed by atoms with Crippen LogP contribution >= 0.6 is 0 Å². The lowest BCUT2D eigenvalue weighted by Crippen LogP contribution is -2.16. The molecule has 0 bridgehead atoms. The second kappa shape index (κ2) is 10.0. The van der Waals surface area contributed by atoms with Crippen molar-refractivity contribution in [2.75, 3.05) is 19.8 Å². The molecule has 0 spiro atoms. The second-order valence-electron chi connectivity index (χ2n) is 5.79. The summed E-state index contributed by atoms with van der Waals surface area (Å²) in [5.74, 6) is -0.669. The van der Waals surface area contributed by atoms with Crippen molar-refractivity contribution in [3.05, 3.63) is 59.2 Å². The van der Waals surface area contributed by atoms with Gasteiger partial charge in [0.15, 0.2) is 11.5 Å². The number of nitrogens with one attached hydrogen (secondary N) is 1. The Morgan fingerprint density at radius 1 is 1.19 bits per heavy atom. The first-order valence-electron chi connectivity index (χ1n) is 7.88. The molecule has 0 radical (unpaired) electrons. The predicted molar refractivity (Wildman–Crippen MR) is 101 cm³/mol. The molecule has 0 aliphatic rings. The fourth-order valence-electron chi connectivity index (χ4n) is 1.99. The number of aromatic hydroxyl groups is 1. The first-order valence-corrected chi connectivity index (χ1v) is 9.73. The van der Waals surface area contributed by atoms with Crippen LogP contribution in [0.15, 0.2) is 42.5 Å². The molecule has 1 atom stereocenters. The van der Waals surface area contributed by atoms with Crippen LogP contribution in [0.1, 0.15) is 27.6 Å². The smallest absolute Gasteiger partial charge is 0.343 e. The Morgan fingerprint density at radius 3 is 2.22 bits per heavy atom. The summed E-state index contributed by atoms with van der Waals surface area (Å²) in [7, 11) is -1.94. The van der Waals surface area contributed by atoms with Gasteiger partial charge in [0.05, 0.1) is 17.9 Å². The molecule has 0 fully saturated rings. The molecule has 1 unspecified atom stereocenters. The number of hydrogen-bond donors (Lipinski definition) is 4. The maximum Gasteiger partial charge on any atom is 0.343 e. The van der Waals surface area contributed by atoms with Gasteiger partial charge < -0.3 is 20.3 Å². The van der Waals surface area contributed by atoms with Crippen molar-refractivity contribution < 1.29 is 32.7 Å². The summed E-state index contributed by atoms with van der Waals surface area (Å²) in [4.78, 5) is 12.0. The van der Waals surface area contributed by atoms with Crippen molar-refractivity contribution in [1.82, 2.24) is 5.32 Å². The number of carbonyl (C=O) groups is 1. The summed E-state index contributed by atoms with van der Waals surface area (Å²) in [5.41, 5.74) is 1.99. The summed E-state index contributed by atoms with van der Waals surface area (Å²) in [5, 5.41) is 22.6. The normalized spacial score (nSPS) is 11.9. The number of carbonyl (C=O) groups excluding carboxylic acids is 1. The van der Waals surface area contributed by atoms with E-state index in [1.165, 1.54) is 12.1 Å². The molecule has 0 aliphatic carbocycles. The summed E-state index contributed by atoms with van der Waals surface area (Å²) < 4.78 is 31.0. The van der Waals surface area contributed by atoms with E-state index in [1.807, 2.05) is 19.1 Å². The lowest BCUT2D eigenvalue weighted by atomic mass is 10.1. The van der Waals surface area contributed by atoms with Crippen LogP contribution in [0.3, 0.4) is 0 Å². The number of phenolic OH excluding ortho intramolecular Hbond substituents is 1. The zero-order valence-corrected chi connectivity index (χ0v) is 16.0. The highest BCUT2D eigenvalue weighted by molar-refractivity contribution is 7.85. The standard InChI is InChI=1S/C17H19NO4.CH4O3S/c1-11-3-5-12(6-4-11)17(21)22-16-8-7-13(9-14(16)19)15(20)10-18-2;1-5(2,3)4/h3-9,15,18-20H,10H2,1-2H3;1H3,(H,2,3,4). The van der Waals surface area contributed by atoms with Crippen LogP contribution in [0.4, 0.5) is 0 Å². The van der Waals surface area contributed by atoms with Gasteiger partial charge in [0.25, 0.3) is 10.1 Å². The van der Waals surface area contributed by atoms with E-state index >= 15 is 0 Å². The number of hydrogen-bond acceptors (Lipinski definition) is 7. The minimum absolute atomic E-state index is 0.0611. The molecule has 0 amide bonds. The third-order valence-electron chi connectivity index (χ3n) is 3.26. The fourth-order valence-corrected chi connectivity index (χ4v) is 1.99.